The number of nitrogens with zero attached hydrogens (tertiary/aromatic N) is 7. The van der Waals surface area contributed by atoms with Gasteiger partial charge in [-0.15, -0.1) is 0 Å². The Morgan fingerprint density at radius 1 is 1.13 bits per heavy atom. The first-order chi connectivity index (χ1) is 21.9. The molecule has 3 aromatic heterocycles. The van der Waals surface area contributed by atoms with Crippen LogP contribution in [0.1, 0.15) is 29.3 Å². The standard InChI is InChI=1S/C34H36FN7O3/c1-21-29(3-2-4-31(21)35)34(43)41-16-24-14-40(15-25(24)17-41)32-6-5-22(12-37-32)30-10-28(19-42-33(30)23(11-36)13-38-42)44-8-7-39-18-27-9-26(39)20-45-27/h2-6,10,12-13,19,24-27,34,43H,7-9,14-18,20H2,1H3/t24?,25?,26-,27-,34?/m0/s1. The first kappa shape index (κ1) is 28.4. The molecule has 45 heavy (non-hydrogen) atoms. The van der Waals surface area contributed by atoms with Gasteiger partial charge in [0.25, 0.3) is 0 Å². The molecule has 4 aliphatic heterocycles. The predicted octanol–water partition coefficient (Wildman–Crippen LogP) is 3.63. The molecule has 0 saturated carbocycles. The van der Waals surface area contributed by atoms with Crippen LogP contribution in [0.4, 0.5) is 10.2 Å². The summed E-state index contributed by atoms with van der Waals surface area (Å²) in [7, 11) is 0. The second kappa shape index (κ2) is 11.4. The van der Waals surface area contributed by atoms with E-state index in [-0.39, 0.29) is 5.82 Å². The van der Waals surface area contributed by atoms with E-state index in [1.807, 2.05) is 36.7 Å². The van der Waals surface area contributed by atoms with Crippen molar-refractivity contribution in [1.29, 1.82) is 5.26 Å². The third-order valence-corrected chi connectivity index (χ3v) is 10.2. The van der Waals surface area contributed by atoms with E-state index in [4.69, 9.17) is 14.5 Å². The number of benzene rings is 1. The van der Waals surface area contributed by atoms with Crippen molar-refractivity contribution in [3.63, 3.8) is 0 Å². The number of morpholine rings is 1. The molecule has 1 N–H and O–H groups in total. The Hall–Kier alpha value is -4.08. The van der Waals surface area contributed by atoms with Crippen molar-refractivity contribution in [1.82, 2.24) is 24.4 Å². The van der Waals surface area contributed by atoms with Crippen LogP contribution in [0.25, 0.3) is 16.6 Å². The highest BCUT2D eigenvalue weighted by atomic mass is 19.1. The van der Waals surface area contributed by atoms with Crippen LogP contribution in [0.3, 0.4) is 0 Å². The lowest BCUT2D eigenvalue weighted by molar-refractivity contribution is 0.0134. The fourth-order valence-electron chi connectivity index (χ4n) is 7.76. The molecule has 2 bridgehead atoms. The predicted molar refractivity (Wildman–Crippen MR) is 165 cm³/mol. The summed E-state index contributed by atoms with van der Waals surface area (Å²) in [6, 6.07) is 13.7. The number of aromatic nitrogens is 3. The largest absolute Gasteiger partial charge is 0.491 e. The Morgan fingerprint density at radius 2 is 1.98 bits per heavy atom. The Kier molecular flexibility index (Phi) is 7.18. The molecule has 1 aromatic carbocycles. The van der Waals surface area contributed by atoms with Crippen molar-refractivity contribution in [3.8, 4) is 22.9 Å². The summed E-state index contributed by atoms with van der Waals surface area (Å²) in [5.41, 5.74) is 4.12. The van der Waals surface area contributed by atoms with Crippen LogP contribution in [-0.2, 0) is 4.74 Å². The zero-order valence-electron chi connectivity index (χ0n) is 25.2. The van der Waals surface area contributed by atoms with Gasteiger partial charge in [-0.1, -0.05) is 12.1 Å². The van der Waals surface area contributed by atoms with Gasteiger partial charge in [0.2, 0.25) is 0 Å². The number of halogens is 1. The number of hydrogen-bond donors (Lipinski definition) is 1. The van der Waals surface area contributed by atoms with E-state index in [2.05, 4.69) is 25.9 Å². The molecular formula is C34H36FN7O3. The number of hydrogen-bond acceptors (Lipinski definition) is 9. The Balaban J connectivity index is 0.956. The molecule has 0 aliphatic carbocycles. The van der Waals surface area contributed by atoms with Gasteiger partial charge >= 0.3 is 0 Å². The van der Waals surface area contributed by atoms with Crippen LogP contribution in [0.15, 0.2) is 55.0 Å². The summed E-state index contributed by atoms with van der Waals surface area (Å²) < 4.78 is 27.7. The van der Waals surface area contributed by atoms with E-state index in [0.29, 0.717) is 53.0 Å². The lowest BCUT2D eigenvalue weighted by Crippen LogP contribution is -2.39. The number of anilines is 1. The van der Waals surface area contributed by atoms with E-state index < -0.39 is 6.23 Å². The molecule has 5 atom stereocenters. The minimum Gasteiger partial charge on any atom is -0.491 e. The summed E-state index contributed by atoms with van der Waals surface area (Å²) in [5.74, 6) is 2.11. The van der Waals surface area contributed by atoms with Gasteiger partial charge in [-0.05, 0) is 55.0 Å². The molecule has 4 fully saturated rings. The smallest absolute Gasteiger partial charge is 0.138 e. The van der Waals surface area contributed by atoms with Gasteiger partial charge in [-0.3, -0.25) is 9.80 Å². The second-order valence-electron chi connectivity index (χ2n) is 12.9. The summed E-state index contributed by atoms with van der Waals surface area (Å²) in [6.45, 7) is 8.11. The van der Waals surface area contributed by atoms with Gasteiger partial charge in [0, 0.05) is 68.2 Å². The van der Waals surface area contributed by atoms with Crippen molar-refractivity contribution in [3.05, 3.63) is 77.5 Å². The normalized spacial score (nSPS) is 25.2. The number of rotatable bonds is 8. The van der Waals surface area contributed by atoms with Crippen LogP contribution in [-0.4, -0.2) is 94.1 Å². The zero-order chi connectivity index (χ0) is 30.7. The molecule has 7 heterocycles. The van der Waals surface area contributed by atoms with Crippen molar-refractivity contribution in [2.75, 3.05) is 57.4 Å². The lowest BCUT2D eigenvalue weighted by Gasteiger charge is -2.27. The average Bonchev–Trinajstić information content (AvgIpc) is 3.88. The van der Waals surface area contributed by atoms with Crippen molar-refractivity contribution >= 4 is 11.3 Å². The maximum atomic E-state index is 14.1. The number of likely N-dealkylation sites (tertiary alicyclic amines) is 2. The first-order valence-corrected chi connectivity index (χ1v) is 15.7. The van der Waals surface area contributed by atoms with E-state index in [9.17, 15) is 14.8 Å². The lowest BCUT2D eigenvalue weighted by atomic mass is 10.0. The molecule has 232 valence electrons. The van der Waals surface area contributed by atoms with Crippen LogP contribution >= 0.6 is 0 Å². The molecule has 11 heteroatoms. The van der Waals surface area contributed by atoms with Gasteiger partial charge < -0.3 is 19.5 Å². The SMILES string of the molecule is Cc1c(F)cccc1C(O)N1CC2CN(c3ccc(-c4cc(OCCN5C[C@@H]6C[C@H]5CO6)cn5ncc(C#N)c45)cn3)CC2C1. The maximum absolute atomic E-state index is 14.1. The number of pyridine rings is 2. The highest BCUT2D eigenvalue weighted by molar-refractivity contribution is 5.85. The number of aliphatic hydroxyl groups is 1. The fraction of sp³-hybridized carbons (Fsp3) is 0.441. The molecule has 0 amide bonds. The van der Waals surface area contributed by atoms with Crippen molar-refractivity contribution < 1.29 is 19.0 Å². The maximum Gasteiger partial charge on any atom is 0.138 e. The summed E-state index contributed by atoms with van der Waals surface area (Å²) in [6.07, 6.45) is 5.95. The van der Waals surface area contributed by atoms with E-state index in [1.165, 1.54) is 6.07 Å². The number of nitriles is 1. The summed E-state index contributed by atoms with van der Waals surface area (Å²) in [4.78, 5) is 11.7. The molecule has 8 rings (SSSR count). The monoisotopic (exact) mass is 609 g/mol. The Morgan fingerprint density at radius 3 is 2.69 bits per heavy atom. The number of fused-ring (bicyclic) bond motifs is 4. The third-order valence-electron chi connectivity index (χ3n) is 10.2. The van der Waals surface area contributed by atoms with Crippen LogP contribution in [0.2, 0.25) is 0 Å². The van der Waals surface area contributed by atoms with E-state index in [0.717, 1.165) is 74.8 Å². The zero-order valence-corrected chi connectivity index (χ0v) is 25.2. The van der Waals surface area contributed by atoms with Crippen molar-refractivity contribution in [2.24, 2.45) is 11.8 Å². The summed E-state index contributed by atoms with van der Waals surface area (Å²) in [5, 5.41) is 25.2. The minimum atomic E-state index is -0.805. The molecule has 4 aliphatic rings. The van der Waals surface area contributed by atoms with Crippen LogP contribution in [0.5, 0.6) is 5.75 Å². The quantitative estimate of drug-likeness (QED) is 0.321. The molecule has 10 nitrogen and oxygen atoms in total. The molecule has 0 radical (unpaired) electrons. The molecule has 4 aromatic rings. The molecular weight excluding hydrogens is 573 g/mol. The van der Waals surface area contributed by atoms with Crippen molar-refractivity contribution in [2.45, 2.75) is 31.7 Å². The summed E-state index contributed by atoms with van der Waals surface area (Å²) >= 11 is 0. The van der Waals surface area contributed by atoms with Crippen LogP contribution in [0, 0.1) is 35.9 Å². The highest BCUT2D eigenvalue weighted by Crippen LogP contribution is 2.38. The highest BCUT2D eigenvalue weighted by Gasteiger charge is 2.43. The minimum absolute atomic E-state index is 0.288. The van der Waals surface area contributed by atoms with Gasteiger partial charge in [-0.25, -0.2) is 13.9 Å². The van der Waals surface area contributed by atoms with Gasteiger partial charge in [-0.2, -0.15) is 10.4 Å². The van der Waals surface area contributed by atoms with Gasteiger partial charge in [0.1, 0.15) is 36.3 Å². The number of ether oxygens (including phenoxy) is 2. The first-order valence-electron chi connectivity index (χ1n) is 15.7. The molecule has 0 spiro atoms. The number of aliphatic hydroxyl groups excluding tert-OH is 1. The third kappa shape index (κ3) is 5.12. The fourth-order valence-corrected chi connectivity index (χ4v) is 7.76. The van der Waals surface area contributed by atoms with E-state index in [1.54, 1.807) is 23.7 Å². The topological polar surface area (TPSA) is 102 Å². The average molecular weight is 610 g/mol. The second-order valence-corrected chi connectivity index (χ2v) is 12.9. The van der Waals surface area contributed by atoms with Gasteiger partial charge in [0.05, 0.1) is 36.2 Å². The van der Waals surface area contributed by atoms with Crippen LogP contribution < -0.4 is 9.64 Å². The Labute approximate surface area is 261 Å². The Bertz CT molecular complexity index is 1760. The van der Waals surface area contributed by atoms with Gasteiger partial charge in [0.15, 0.2) is 0 Å². The molecule has 4 saturated heterocycles. The van der Waals surface area contributed by atoms with E-state index >= 15 is 0 Å². The molecule has 3 unspecified atom stereocenters.